The van der Waals surface area contributed by atoms with Crippen LogP contribution in [-0.4, -0.2) is 0 Å². The maximum absolute atomic E-state index is 5.93. The van der Waals surface area contributed by atoms with Gasteiger partial charge in [-0.3, -0.25) is 0 Å². The van der Waals surface area contributed by atoms with Crippen LogP contribution in [0.4, 0.5) is 0 Å². The van der Waals surface area contributed by atoms with Gasteiger partial charge in [-0.05, 0) is 37.0 Å². The van der Waals surface area contributed by atoms with Crippen molar-refractivity contribution in [3.8, 4) is 0 Å². The summed E-state index contributed by atoms with van der Waals surface area (Å²) >= 11 is 5.93. The van der Waals surface area contributed by atoms with Crippen molar-refractivity contribution in [2.45, 2.75) is 19.8 Å². The average molecular weight is 168 g/mol. The minimum atomic E-state index is 0.313. The van der Waals surface area contributed by atoms with E-state index >= 15 is 0 Å². The van der Waals surface area contributed by atoms with Crippen molar-refractivity contribution in [3.05, 3.63) is 41.3 Å². The summed E-state index contributed by atoms with van der Waals surface area (Å²) in [4.78, 5) is 0. The molecule has 1 atom stereocenters. The third-order valence-corrected chi connectivity index (χ3v) is 2.17. The van der Waals surface area contributed by atoms with Gasteiger partial charge in [-0.25, -0.2) is 0 Å². The molecule has 0 aliphatic heterocycles. The van der Waals surface area contributed by atoms with Crippen LogP contribution in [-0.2, 0) is 0 Å². The van der Waals surface area contributed by atoms with E-state index in [2.05, 4.69) is 19.9 Å². The second-order valence-electron chi connectivity index (χ2n) is 2.91. The van der Waals surface area contributed by atoms with Crippen LogP contribution in [0.3, 0.4) is 0 Å². The molecule has 1 heteroatoms. The molecule has 1 aromatic rings. The fraction of sp³-hybridized carbons (Fsp3) is 0.300. The predicted molar refractivity (Wildman–Crippen MR) is 50.0 cm³/mol. The maximum atomic E-state index is 5.93. The molecule has 59 valence electrons. The molecule has 0 bridgehead atoms. The molecule has 0 amide bonds. The van der Waals surface area contributed by atoms with Crippen LogP contribution in [0, 0.1) is 13.8 Å². The summed E-state index contributed by atoms with van der Waals surface area (Å²) in [6, 6.07) is 6.08. The Balaban J connectivity index is 3.05. The van der Waals surface area contributed by atoms with E-state index in [1.54, 1.807) is 0 Å². The lowest BCUT2D eigenvalue weighted by molar-refractivity contribution is 0.963. The second kappa shape index (κ2) is 3.27. The Bertz CT molecular complexity index is 251. The van der Waals surface area contributed by atoms with Gasteiger partial charge in [-0.1, -0.05) is 30.7 Å². The van der Waals surface area contributed by atoms with Gasteiger partial charge in [-0.2, -0.15) is 0 Å². The van der Waals surface area contributed by atoms with Crippen LogP contribution in [0.25, 0.3) is 0 Å². The van der Waals surface area contributed by atoms with Gasteiger partial charge < -0.3 is 0 Å². The van der Waals surface area contributed by atoms with Gasteiger partial charge in [0.1, 0.15) is 0 Å². The van der Waals surface area contributed by atoms with Crippen molar-refractivity contribution in [3.63, 3.8) is 0 Å². The molecule has 11 heavy (non-hydrogen) atoms. The van der Waals surface area contributed by atoms with E-state index in [4.69, 9.17) is 11.6 Å². The lowest BCUT2D eigenvalue weighted by Crippen LogP contribution is -1.87. The number of halogens is 1. The standard InChI is InChI=1S/C10H12Cl/c1-7(2)9-5-4-8(3)10(11)6-9/h4-7H,1H2,2-3H3. The third kappa shape index (κ3) is 1.97. The normalized spacial score (nSPS) is 10.6. The van der Waals surface area contributed by atoms with Crippen molar-refractivity contribution in [2.24, 2.45) is 0 Å². The zero-order chi connectivity index (χ0) is 8.43. The molecule has 0 aliphatic carbocycles. The van der Waals surface area contributed by atoms with Crippen LogP contribution in [0.15, 0.2) is 18.2 Å². The van der Waals surface area contributed by atoms with Crippen LogP contribution in [0.1, 0.15) is 24.0 Å². The lowest BCUT2D eigenvalue weighted by Gasteiger charge is -2.06. The lowest BCUT2D eigenvalue weighted by atomic mass is 10.0. The van der Waals surface area contributed by atoms with E-state index in [1.807, 2.05) is 19.1 Å². The number of rotatable bonds is 1. The number of aryl methyl sites for hydroxylation is 1. The fourth-order valence-corrected chi connectivity index (χ4v) is 1.10. The molecule has 0 saturated carbocycles. The molecular weight excluding hydrogens is 156 g/mol. The van der Waals surface area contributed by atoms with E-state index in [0.717, 1.165) is 10.6 Å². The van der Waals surface area contributed by atoms with Crippen molar-refractivity contribution in [1.29, 1.82) is 0 Å². The van der Waals surface area contributed by atoms with Gasteiger partial charge in [0.15, 0.2) is 0 Å². The summed E-state index contributed by atoms with van der Waals surface area (Å²) in [5, 5.41) is 0.831. The molecule has 0 nitrogen and oxygen atoms in total. The summed E-state index contributed by atoms with van der Waals surface area (Å²) in [7, 11) is 0. The zero-order valence-corrected chi connectivity index (χ0v) is 7.65. The van der Waals surface area contributed by atoms with Gasteiger partial charge in [0.05, 0.1) is 0 Å². The third-order valence-electron chi connectivity index (χ3n) is 1.76. The number of hydrogen-bond donors (Lipinski definition) is 0. The fourth-order valence-electron chi connectivity index (χ4n) is 0.916. The Labute approximate surface area is 73.2 Å². The Hall–Kier alpha value is -0.490. The number of benzene rings is 1. The highest BCUT2D eigenvalue weighted by Gasteiger charge is 2.00. The van der Waals surface area contributed by atoms with Gasteiger partial charge >= 0.3 is 0 Å². The highest BCUT2D eigenvalue weighted by Crippen LogP contribution is 2.21. The molecule has 1 unspecified atom stereocenters. The Kier molecular flexibility index (Phi) is 2.56. The van der Waals surface area contributed by atoms with E-state index in [-0.39, 0.29) is 0 Å². The molecule has 1 radical (unpaired) electrons. The maximum Gasteiger partial charge on any atom is 0.0438 e. The van der Waals surface area contributed by atoms with E-state index in [0.29, 0.717) is 5.92 Å². The largest absolute Gasteiger partial charge is 0.0840 e. The first kappa shape index (κ1) is 8.61. The van der Waals surface area contributed by atoms with Crippen LogP contribution < -0.4 is 0 Å². The summed E-state index contributed by atoms with van der Waals surface area (Å²) in [5.74, 6) is 0.313. The molecule has 0 aromatic heterocycles. The molecular formula is C10H12Cl. The molecule has 0 fully saturated rings. The molecule has 1 rings (SSSR count). The predicted octanol–water partition coefficient (Wildman–Crippen LogP) is 3.59. The van der Waals surface area contributed by atoms with Gasteiger partial charge in [-0.15, -0.1) is 0 Å². The van der Waals surface area contributed by atoms with Crippen LogP contribution in [0.5, 0.6) is 0 Å². The summed E-state index contributed by atoms with van der Waals surface area (Å²) < 4.78 is 0. The van der Waals surface area contributed by atoms with Gasteiger partial charge in [0.2, 0.25) is 0 Å². The zero-order valence-electron chi connectivity index (χ0n) is 6.89. The topological polar surface area (TPSA) is 0 Å². The minimum absolute atomic E-state index is 0.313. The highest BCUT2D eigenvalue weighted by molar-refractivity contribution is 6.31. The van der Waals surface area contributed by atoms with Crippen LogP contribution >= 0.6 is 11.6 Å². The van der Waals surface area contributed by atoms with Crippen molar-refractivity contribution in [2.75, 3.05) is 0 Å². The highest BCUT2D eigenvalue weighted by atomic mass is 35.5. The van der Waals surface area contributed by atoms with Crippen molar-refractivity contribution in [1.82, 2.24) is 0 Å². The van der Waals surface area contributed by atoms with Gasteiger partial charge in [0, 0.05) is 5.02 Å². The summed E-state index contributed by atoms with van der Waals surface area (Å²) in [5.41, 5.74) is 2.32. The molecule has 0 saturated heterocycles. The monoisotopic (exact) mass is 167 g/mol. The van der Waals surface area contributed by atoms with Crippen molar-refractivity contribution < 1.29 is 0 Å². The number of hydrogen-bond acceptors (Lipinski definition) is 0. The van der Waals surface area contributed by atoms with E-state index in [9.17, 15) is 0 Å². The Morgan fingerprint density at radius 3 is 2.55 bits per heavy atom. The Morgan fingerprint density at radius 1 is 1.45 bits per heavy atom. The van der Waals surface area contributed by atoms with E-state index in [1.165, 1.54) is 5.56 Å². The molecule has 0 N–H and O–H groups in total. The first-order chi connectivity index (χ1) is 5.11. The molecule has 0 heterocycles. The summed E-state index contributed by atoms with van der Waals surface area (Å²) in [6.45, 7) is 7.98. The first-order valence-corrected chi connectivity index (χ1v) is 4.08. The minimum Gasteiger partial charge on any atom is -0.0840 e. The first-order valence-electron chi connectivity index (χ1n) is 3.70. The van der Waals surface area contributed by atoms with Crippen molar-refractivity contribution >= 4 is 11.6 Å². The quantitative estimate of drug-likeness (QED) is 0.600. The summed E-state index contributed by atoms with van der Waals surface area (Å²) in [6.07, 6.45) is 0. The van der Waals surface area contributed by atoms with Crippen LogP contribution in [0.2, 0.25) is 5.02 Å². The van der Waals surface area contributed by atoms with Gasteiger partial charge in [0.25, 0.3) is 0 Å². The SMILES string of the molecule is [CH2]C(C)c1ccc(C)c(Cl)c1. The second-order valence-corrected chi connectivity index (χ2v) is 3.32. The molecule has 1 aromatic carbocycles. The average Bonchev–Trinajstić information content (AvgIpc) is 1.94. The Morgan fingerprint density at radius 2 is 2.09 bits per heavy atom. The molecule has 0 spiro atoms. The molecule has 0 aliphatic rings. The van der Waals surface area contributed by atoms with E-state index < -0.39 is 0 Å². The smallest absolute Gasteiger partial charge is 0.0438 e.